The molecule has 2 rings (SSSR count). The molecule has 2 heteroatoms. The first kappa shape index (κ1) is 9.41. The van der Waals surface area contributed by atoms with Crippen molar-refractivity contribution in [3.05, 3.63) is 36.2 Å². The van der Waals surface area contributed by atoms with E-state index < -0.39 is 0 Å². The van der Waals surface area contributed by atoms with Crippen LogP contribution in [0.3, 0.4) is 0 Å². The number of aromatic nitrogens is 1. The van der Waals surface area contributed by atoms with Gasteiger partial charge in [0.05, 0.1) is 6.10 Å². The van der Waals surface area contributed by atoms with Gasteiger partial charge in [0.1, 0.15) is 0 Å². The van der Waals surface area contributed by atoms with Crippen molar-refractivity contribution in [2.45, 2.75) is 31.8 Å². The van der Waals surface area contributed by atoms with Gasteiger partial charge in [-0.2, -0.15) is 0 Å². The second-order valence-electron chi connectivity index (χ2n) is 3.75. The summed E-state index contributed by atoms with van der Waals surface area (Å²) in [5, 5.41) is 9.62. The quantitative estimate of drug-likeness (QED) is 0.735. The summed E-state index contributed by atoms with van der Waals surface area (Å²) in [4.78, 5) is 4.09. The molecule has 1 unspecified atom stereocenters. The molecule has 1 N–H and O–H groups in total. The van der Waals surface area contributed by atoms with E-state index in [9.17, 15) is 5.11 Å². The summed E-state index contributed by atoms with van der Waals surface area (Å²) in [6.07, 6.45) is 9.57. The number of hydrogen-bond acceptors (Lipinski definition) is 2. The van der Waals surface area contributed by atoms with Gasteiger partial charge in [-0.15, -0.1) is 0 Å². The fourth-order valence-electron chi connectivity index (χ4n) is 1.86. The van der Waals surface area contributed by atoms with Crippen LogP contribution in [0.4, 0.5) is 0 Å². The Bertz CT molecular complexity index is 318. The molecule has 1 atom stereocenters. The van der Waals surface area contributed by atoms with Crippen molar-refractivity contribution in [2.75, 3.05) is 0 Å². The van der Waals surface area contributed by atoms with E-state index in [1.165, 1.54) is 5.57 Å². The maximum absolute atomic E-state index is 9.62. The summed E-state index contributed by atoms with van der Waals surface area (Å²) in [6, 6.07) is 3.99. The van der Waals surface area contributed by atoms with Gasteiger partial charge in [0.25, 0.3) is 0 Å². The van der Waals surface area contributed by atoms with Crippen LogP contribution in [-0.2, 0) is 0 Å². The topological polar surface area (TPSA) is 33.1 Å². The second-order valence-corrected chi connectivity index (χ2v) is 3.75. The lowest BCUT2D eigenvalue weighted by atomic mass is 10.0. The Hall–Kier alpha value is -1.15. The molecule has 0 bridgehead atoms. The van der Waals surface area contributed by atoms with Crippen LogP contribution in [0.1, 0.15) is 31.2 Å². The van der Waals surface area contributed by atoms with Gasteiger partial charge in [0.15, 0.2) is 0 Å². The zero-order valence-corrected chi connectivity index (χ0v) is 8.19. The molecular formula is C12H15NO. The molecule has 0 spiro atoms. The largest absolute Gasteiger partial charge is 0.389 e. The molecule has 1 aromatic rings. The molecule has 1 aliphatic carbocycles. The third-order valence-corrected chi connectivity index (χ3v) is 2.62. The van der Waals surface area contributed by atoms with E-state index in [4.69, 9.17) is 0 Å². The summed E-state index contributed by atoms with van der Waals surface area (Å²) in [5.74, 6) is 0. The first-order valence-electron chi connectivity index (χ1n) is 5.15. The molecule has 0 radical (unpaired) electrons. The van der Waals surface area contributed by atoms with Crippen LogP contribution in [0.5, 0.6) is 0 Å². The van der Waals surface area contributed by atoms with Crippen molar-refractivity contribution >= 4 is 5.57 Å². The lowest BCUT2D eigenvalue weighted by Crippen LogP contribution is -2.00. The van der Waals surface area contributed by atoms with Crippen molar-refractivity contribution in [1.29, 1.82) is 0 Å². The third kappa shape index (κ3) is 2.20. The molecule has 74 valence electrons. The van der Waals surface area contributed by atoms with Gasteiger partial charge in [-0.1, -0.05) is 18.6 Å². The molecule has 0 saturated carbocycles. The van der Waals surface area contributed by atoms with Gasteiger partial charge in [-0.3, -0.25) is 4.98 Å². The molecule has 0 aromatic carbocycles. The monoisotopic (exact) mass is 189 g/mol. The molecule has 1 heterocycles. The molecule has 2 nitrogen and oxygen atoms in total. The van der Waals surface area contributed by atoms with Gasteiger partial charge in [-0.05, 0) is 36.5 Å². The minimum atomic E-state index is -0.271. The van der Waals surface area contributed by atoms with Crippen LogP contribution in [0.25, 0.3) is 5.57 Å². The Kier molecular flexibility index (Phi) is 2.94. The maximum Gasteiger partial charge on any atom is 0.0726 e. The summed E-state index contributed by atoms with van der Waals surface area (Å²) < 4.78 is 0. The van der Waals surface area contributed by atoms with Crippen LogP contribution in [-0.4, -0.2) is 16.2 Å². The predicted octanol–water partition coefficient (Wildman–Crippen LogP) is 2.40. The lowest BCUT2D eigenvalue weighted by Gasteiger charge is -2.05. The van der Waals surface area contributed by atoms with Crippen molar-refractivity contribution in [1.82, 2.24) is 4.98 Å². The normalized spacial score (nSPS) is 22.6. The standard InChI is InChI=1S/C12H15NO/c14-12-6-2-1-4-10(8-12)11-5-3-7-13-9-11/h3,5,7-9,12,14H,1-2,4,6H2. The van der Waals surface area contributed by atoms with E-state index in [2.05, 4.69) is 11.1 Å². The minimum Gasteiger partial charge on any atom is -0.389 e. The van der Waals surface area contributed by atoms with E-state index in [0.29, 0.717) is 0 Å². The Morgan fingerprint density at radius 2 is 2.29 bits per heavy atom. The van der Waals surface area contributed by atoms with Crippen molar-refractivity contribution in [3.63, 3.8) is 0 Å². The maximum atomic E-state index is 9.62. The molecule has 0 fully saturated rings. The number of aliphatic hydroxyl groups excluding tert-OH is 1. The van der Waals surface area contributed by atoms with E-state index in [-0.39, 0.29) is 6.10 Å². The van der Waals surface area contributed by atoms with E-state index in [1.54, 1.807) is 6.20 Å². The number of hydrogen-bond donors (Lipinski definition) is 1. The average molecular weight is 189 g/mol. The van der Waals surface area contributed by atoms with Gasteiger partial charge in [-0.25, -0.2) is 0 Å². The zero-order chi connectivity index (χ0) is 9.80. The Morgan fingerprint density at radius 3 is 3.07 bits per heavy atom. The van der Waals surface area contributed by atoms with Gasteiger partial charge in [0.2, 0.25) is 0 Å². The number of nitrogens with zero attached hydrogens (tertiary/aromatic N) is 1. The molecule has 0 amide bonds. The Balaban J connectivity index is 2.24. The molecule has 14 heavy (non-hydrogen) atoms. The molecule has 1 aromatic heterocycles. The predicted molar refractivity (Wildman–Crippen MR) is 56.7 cm³/mol. The summed E-state index contributed by atoms with van der Waals surface area (Å²) in [7, 11) is 0. The highest BCUT2D eigenvalue weighted by molar-refractivity contribution is 5.65. The fourth-order valence-corrected chi connectivity index (χ4v) is 1.86. The highest BCUT2D eigenvalue weighted by Gasteiger charge is 2.10. The number of rotatable bonds is 1. The van der Waals surface area contributed by atoms with E-state index in [0.717, 1.165) is 31.2 Å². The van der Waals surface area contributed by atoms with Crippen molar-refractivity contribution in [2.24, 2.45) is 0 Å². The second kappa shape index (κ2) is 4.38. The molecule has 1 aliphatic rings. The molecule has 0 aliphatic heterocycles. The number of allylic oxidation sites excluding steroid dienone is 1. The smallest absolute Gasteiger partial charge is 0.0726 e. The first-order chi connectivity index (χ1) is 6.86. The van der Waals surface area contributed by atoms with Crippen LogP contribution in [0, 0.1) is 0 Å². The van der Waals surface area contributed by atoms with E-state index in [1.807, 2.05) is 18.3 Å². The zero-order valence-electron chi connectivity index (χ0n) is 8.19. The van der Waals surface area contributed by atoms with E-state index >= 15 is 0 Å². The van der Waals surface area contributed by atoms with Crippen LogP contribution >= 0.6 is 0 Å². The number of aliphatic hydroxyl groups is 1. The van der Waals surface area contributed by atoms with Crippen molar-refractivity contribution < 1.29 is 5.11 Å². The third-order valence-electron chi connectivity index (χ3n) is 2.62. The Morgan fingerprint density at radius 1 is 1.36 bits per heavy atom. The fraction of sp³-hybridized carbons (Fsp3) is 0.417. The highest BCUT2D eigenvalue weighted by atomic mass is 16.3. The van der Waals surface area contributed by atoms with Gasteiger partial charge in [0, 0.05) is 12.4 Å². The average Bonchev–Trinajstić information content (AvgIpc) is 2.44. The first-order valence-corrected chi connectivity index (χ1v) is 5.15. The summed E-state index contributed by atoms with van der Waals surface area (Å²) in [6.45, 7) is 0. The molecular weight excluding hydrogens is 174 g/mol. The molecule has 0 saturated heterocycles. The number of pyridine rings is 1. The summed E-state index contributed by atoms with van der Waals surface area (Å²) in [5.41, 5.74) is 2.39. The van der Waals surface area contributed by atoms with Crippen LogP contribution in [0.2, 0.25) is 0 Å². The summed E-state index contributed by atoms with van der Waals surface area (Å²) >= 11 is 0. The van der Waals surface area contributed by atoms with Crippen LogP contribution < -0.4 is 0 Å². The lowest BCUT2D eigenvalue weighted by molar-refractivity contribution is 0.211. The Labute approximate surface area is 84.3 Å². The van der Waals surface area contributed by atoms with Gasteiger partial charge >= 0.3 is 0 Å². The van der Waals surface area contributed by atoms with Crippen LogP contribution in [0.15, 0.2) is 30.6 Å². The minimum absolute atomic E-state index is 0.271. The van der Waals surface area contributed by atoms with Gasteiger partial charge < -0.3 is 5.11 Å². The highest BCUT2D eigenvalue weighted by Crippen LogP contribution is 2.25. The van der Waals surface area contributed by atoms with Crippen molar-refractivity contribution in [3.8, 4) is 0 Å². The SMILES string of the molecule is OC1C=C(c2cccnc2)CCCC1.